The fraction of sp³-hybridized carbons (Fsp3) is 0.500. The topological polar surface area (TPSA) is 130 Å². The van der Waals surface area contributed by atoms with Crippen LogP contribution in [0.15, 0.2) is 18.5 Å². The fourth-order valence-electron chi connectivity index (χ4n) is 3.57. The van der Waals surface area contributed by atoms with Crippen LogP contribution in [0.3, 0.4) is 0 Å². The molecular formula is C18H19F4N7O4. The van der Waals surface area contributed by atoms with E-state index in [1.807, 2.05) is 5.32 Å². The van der Waals surface area contributed by atoms with Gasteiger partial charge in [0, 0.05) is 18.9 Å². The number of nitrogens with zero attached hydrogens (tertiary/aromatic N) is 4. The molecule has 2 aliphatic heterocycles. The molecule has 2 saturated heterocycles. The molecule has 0 spiro atoms. The Bertz CT molecular complexity index is 1090. The van der Waals surface area contributed by atoms with Gasteiger partial charge < -0.3 is 20.3 Å². The molecule has 4 heterocycles. The molecule has 2 aromatic rings. The minimum absolute atomic E-state index is 0.0400. The van der Waals surface area contributed by atoms with Gasteiger partial charge in [-0.25, -0.2) is 36.7 Å². The summed E-state index contributed by atoms with van der Waals surface area (Å²) in [6, 6.07) is -0.821. The van der Waals surface area contributed by atoms with Gasteiger partial charge in [0.05, 0.1) is 36.4 Å². The van der Waals surface area contributed by atoms with E-state index >= 15 is 0 Å². The summed E-state index contributed by atoms with van der Waals surface area (Å²) in [6.07, 6.45) is -3.33. The van der Waals surface area contributed by atoms with Crippen LogP contribution in [-0.4, -0.2) is 76.8 Å². The molecule has 2 fully saturated rings. The predicted molar refractivity (Wildman–Crippen MR) is 103 cm³/mol. The summed E-state index contributed by atoms with van der Waals surface area (Å²) < 4.78 is 60.5. The van der Waals surface area contributed by atoms with Crippen molar-refractivity contribution in [1.82, 2.24) is 30.5 Å². The summed E-state index contributed by atoms with van der Waals surface area (Å²) in [5, 5.41) is 10.7. The number of alkyl carbamates (subject to hydrolysis) is 1. The van der Waals surface area contributed by atoms with Gasteiger partial charge in [-0.3, -0.25) is 10.1 Å². The average molecular weight is 473 g/mol. The third-order valence-electron chi connectivity index (χ3n) is 5.31. The summed E-state index contributed by atoms with van der Waals surface area (Å²) >= 11 is 0. The minimum Gasteiger partial charge on any atom is -0.438 e. The normalized spacial score (nSPS) is 23.4. The number of hydrogen-bond acceptors (Lipinski definition) is 7. The van der Waals surface area contributed by atoms with Crippen LogP contribution in [0.2, 0.25) is 0 Å². The summed E-state index contributed by atoms with van der Waals surface area (Å²) in [4.78, 5) is 40.7. The van der Waals surface area contributed by atoms with E-state index in [0.29, 0.717) is 0 Å². The van der Waals surface area contributed by atoms with Crippen molar-refractivity contribution < 1.29 is 36.7 Å². The lowest BCUT2D eigenvalue weighted by Gasteiger charge is -2.24. The quantitative estimate of drug-likeness (QED) is 0.549. The molecular weight excluding hydrogens is 454 g/mol. The van der Waals surface area contributed by atoms with E-state index in [0.717, 1.165) is 6.92 Å². The van der Waals surface area contributed by atoms with Gasteiger partial charge in [-0.15, -0.1) is 0 Å². The second-order valence-corrected chi connectivity index (χ2v) is 7.70. The number of rotatable bonds is 5. The molecule has 2 aromatic heterocycles. The fourth-order valence-corrected chi connectivity index (χ4v) is 3.57. The molecule has 2 aliphatic rings. The molecule has 3 N–H and O–H groups in total. The number of alkyl halides is 4. The van der Waals surface area contributed by atoms with E-state index in [1.165, 1.54) is 27.9 Å². The van der Waals surface area contributed by atoms with Gasteiger partial charge in [0.1, 0.15) is 0 Å². The second-order valence-electron chi connectivity index (χ2n) is 7.70. The number of nitrogens with one attached hydrogen (secondary N) is 3. The molecule has 178 valence electrons. The number of ether oxygens (including phenoxy) is 1. The van der Waals surface area contributed by atoms with Gasteiger partial charge in [0.25, 0.3) is 6.43 Å². The molecule has 0 bridgehead atoms. The Labute approximate surface area is 183 Å². The number of halogens is 4. The number of amides is 4. The highest BCUT2D eigenvalue weighted by molar-refractivity contribution is 6.00. The van der Waals surface area contributed by atoms with Gasteiger partial charge >= 0.3 is 18.0 Å². The lowest BCUT2D eigenvalue weighted by molar-refractivity contribution is -0.122. The number of fused-ring (bicyclic) bond motifs is 1. The third-order valence-corrected chi connectivity index (χ3v) is 5.31. The summed E-state index contributed by atoms with van der Waals surface area (Å²) in [5.41, 5.74) is 0.609. The van der Waals surface area contributed by atoms with Crippen molar-refractivity contribution in [3.05, 3.63) is 24.2 Å². The lowest BCUT2D eigenvalue weighted by atomic mass is 10.0. The molecule has 0 aliphatic carbocycles. The van der Waals surface area contributed by atoms with Crippen LogP contribution in [0.1, 0.15) is 18.5 Å². The van der Waals surface area contributed by atoms with Gasteiger partial charge in [-0.05, 0) is 13.0 Å². The zero-order valence-electron chi connectivity index (χ0n) is 17.1. The average Bonchev–Trinajstić information content (AvgIpc) is 3.31. The molecule has 0 saturated carbocycles. The molecule has 15 heteroatoms. The first-order chi connectivity index (χ1) is 15.5. The Kier molecular flexibility index (Phi) is 5.71. The maximum Gasteiger partial charge on any atom is 0.408 e. The molecule has 2 unspecified atom stereocenters. The number of hydrogen-bond donors (Lipinski definition) is 3. The van der Waals surface area contributed by atoms with Crippen molar-refractivity contribution in [2.75, 3.05) is 24.5 Å². The molecule has 11 nitrogen and oxygen atoms in total. The van der Waals surface area contributed by atoms with Crippen LogP contribution < -0.4 is 20.9 Å². The Morgan fingerprint density at radius 2 is 2.12 bits per heavy atom. The van der Waals surface area contributed by atoms with Crippen LogP contribution in [0.4, 0.5) is 32.8 Å². The largest absolute Gasteiger partial charge is 0.438 e. The van der Waals surface area contributed by atoms with E-state index in [-0.39, 0.29) is 23.6 Å². The van der Waals surface area contributed by atoms with Gasteiger partial charge in [-0.1, -0.05) is 0 Å². The van der Waals surface area contributed by atoms with Crippen molar-refractivity contribution in [2.24, 2.45) is 0 Å². The standard InChI is InChI=1S/C18H19F4N7O4/c1-8(13(19)20)25-17(32)33-12-6-28(7-18(12,21)22)11-4-10(27-29-3-2-23-14(11)29)9-5-24-16(31)26-15(9)30/h2-4,8-9,12-13H,5-7H2,1H3,(H,25,32)(H2,24,26,30,31)/t8?,9?,12-/m0/s1. The lowest BCUT2D eigenvalue weighted by Crippen LogP contribution is -2.51. The zero-order valence-corrected chi connectivity index (χ0v) is 17.1. The van der Waals surface area contributed by atoms with Crippen molar-refractivity contribution in [3.63, 3.8) is 0 Å². The van der Waals surface area contributed by atoms with Gasteiger partial charge in [0.2, 0.25) is 5.91 Å². The summed E-state index contributed by atoms with van der Waals surface area (Å²) in [7, 11) is 0. The van der Waals surface area contributed by atoms with Gasteiger partial charge in [-0.2, -0.15) is 5.10 Å². The summed E-state index contributed by atoms with van der Waals surface area (Å²) in [5.74, 6) is -4.96. The monoisotopic (exact) mass is 473 g/mol. The highest BCUT2D eigenvalue weighted by atomic mass is 19.3. The van der Waals surface area contributed by atoms with Crippen molar-refractivity contribution in [3.8, 4) is 0 Å². The number of aromatic nitrogens is 3. The highest BCUT2D eigenvalue weighted by Gasteiger charge is 2.51. The number of anilines is 1. The van der Waals surface area contributed by atoms with Crippen molar-refractivity contribution in [2.45, 2.75) is 37.3 Å². The first-order valence-electron chi connectivity index (χ1n) is 9.86. The Hall–Kier alpha value is -3.65. The van der Waals surface area contributed by atoms with Crippen LogP contribution in [0.25, 0.3) is 5.65 Å². The number of urea groups is 1. The van der Waals surface area contributed by atoms with Crippen molar-refractivity contribution >= 4 is 29.4 Å². The highest BCUT2D eigenvalue weighted by Crippen LogP contribution is 2.35. The number of imide groups is 1. The number of carbonyl (C=O) groups is 3. The number of carbonyl (C=O) groups excluding carboxylic acids is 3. The van der Waals surface area contributed by atoms with Crippen LogP contribution >= 0.6 is 0 Å². The van der Waals surface area contributed by atoms with E-state index in [9.17, 15) is 31.9 Å². The van der Waals surface area contributed by atoms with E-state index in [2.05, 4.69) is 20.7 Å². The maximum atomic E-state index is 14.6. The summed E-state index contributed by atoms with van der Waals surface area (Å²) in [6.45, 7) is -0.331. The van der Waals surface area contributed by atoms with Crippen LogP contribution in [0.5, 0.6) is 0 Å². The Balaban J connectivity index is 1.58. The van der Waals surface area contributed by atoms with Crippen LogP contribution in [0, 0.1) is 0 Å². The maximum absolute atomic E-state index is 14.6. The zero-order chi connectivity index (χ0) is 23.9. The Morgan fingerprint density at radius 1 is 1.36 bits per heavy atom. The first-order valence-corrected chi connectivity index (χ1v) is 9.86. The molecule has 3 atom stereocenters. The van der Waals surface area contributed by atoms with E-state index < -0.39 is 61.5 Å². The molecule has 33 heavy (non-hydrogen) atoms. The molecule has 0 aromatic carbocycles. The van der Waals surface area contributed by atoms with E-state index in [1.54, 1.807) is 0 Å². The third kappa shape index (κ3) is 4.47. The van der Waals surface area contributed by atoms with Crippen molar-refractivity contribution in [1.29, 1.82) is 0 Å². The SMILES string of the molecule is CC(NC(=O)O[C@H]1CN(c2cc(C3CNC(=O)NC3=O)nn3ccnc23)CC1(F)F)C(F)F. The minimum atomic E-state index is -3.49. The predicted octanol–water partition coefficient (Wildman–Crippen LogP) is 0.856. The molecule has 4 rings (SSSR count). The smallest absolute Gasteiger partial charge is 0.408 e. The van der Waals surface area contributed by atoms with Gasteiger partial charge in [0.15, 0.2) is 11.8 Å². The molecule has 0 radical (unpaired) electrons. The number of imidazole rings is 1. The van der Waals surface area contributed by atoms with E-state index in [4.69, 9.17) is 4.74 Å². The first kappa shape index (κ1) is 22.5. The second kappa shape index (κ2) is 8.37. The Morgan fingerprint density at radius 3 is 2.82 bits per heavy atom. The molecule has 4 amide bonds. The van der Waals surface area contributed by atoms with Crippen LogP contribution in [-0.2, 0) is 9.53 Å².